The summed E-state index contributed by atoms with van der Waals surface area (Å²) in [5, 5.41) is 1.00. The Labute approximate surface area is 211 Å². The molecule has 2 fully saturated rings. The van der Waals surface area contributed by atoms with Gasteiger partial charge in [-0.15, -0.1) is 0 Å². The van der Waals surface area contributed by atoms with Gasteiger partial charge in [0, 0.05) is 28.5 Å². The van der Waals surface area contributed by atoms with E-state index < -0.39 is 10.1 Å². The number of likely N-dealkylation sites (tertiary alicyclic amines) is 1. The summed E-state index contributed by atoms with van der Waals surface area (Å²) in [6, 6.07) is 13.5. The van der Waals surface area contributed by atoms with Crippen LogP contribution in [0.15, 0.2) is 42.5 Å². The summed E-state index contributed by atoms with van der Waals surface area (Å²) in [5.41, 5.74) is 1.81. The Bertz CT molecular complexity index is 1090. The van der Waals surface area contributed by atoms with E-state index >= 15 is 0 Å². The molecule has 0 N–H and O–H groups in total. The largest absolute Gasteiger partial charge is 0.489 e. The van der Waals surface area contributed by atoms with E-state index in [2.05, 4.69) is 0 Å². The average molecular weight is 526 g/mol. The van der Waals surface area contributed by atoms with Gasteiger partial charge in [-0.2, -0.15) is 8.42 Å². The minimum atomic E-state index is -3.46. The number of hydrogen-bond acceptors (Lipinski definition) is 5. The molecule has 9 heteroatoms. The number of carbonyl (C=O) groups is 1. The maximum atomic E-state index is 13.2. The number of carbonyl (C=O) groups excluding carboxylic acids is 1. The Morgan fingerprint density at radius 1 is 1.00 bits per heavy atom. The van der Waals surface area contributed by atoms with Crippen molar-refractivity contribution >= 4 is 39.2 Å². The predicted molar refractivity (Wildman–Crippen MR) is 133 cm³/mol. The standard InChI is InChI=1S/C25H29Cl2NO5S/c1-34(30,31)33-20-9-7-19(8-10-20)28-12-11-18(25(28)29)13-22-23(26)14-21(15-24(22)27)32-16-17-5-3-2-4-6-17/h2-6,14-15,18-20H,7-13,16H2,1H3/t18-,19?,20?/m0/s1. The number of amides is 1. The van der Waals surface area contributed by atoms with Crippen molar-refractivity contribution in [2.24, 2.45) is 5.92 Å². The zero-order valence-corrected chi connectivity index (χ0v) is 21.4. The average Bonchev–Trinajstić information content (AvgIpc) is 3.15. The van der Waals surface area contributed by atoms with E-state index in [4.69, 9.17) is 32.1 Å². The second-order valence-electron chi connectivity index (χ2n) is 9.09. The van der Waals surface area contributed by atoms with E-state index in [9.17, 15) is 13.2 Å². The Balaban J connectivity index is 1.34. The van der Waals surface area contributed by atoms with Crippen molar-refractivity contribution in [3.05, 3.63) is 63.6 Å². The molecule has 1 atom stereocenters. The first-order valence-corrected chi connectivity index (χ1v) is 14.1. The first kappa shape index (κ1) is 25.3. The van der Waals surface area contributed by atoms with Gasteiger partial charge in [-0.25, -0.2) is 0 Å². The van der Waals surface area contributed by atoms with Crippen molar-refractivity contribution in [1.29, 1.82) is 0 Å². The fourth-order valence-electron chi connectivity index (χ4n) is 4.86. The van der Waals surface area contributed by atoms with Gasteiger partial charge < -0.3 is 9.64 Å². The van der Waals surface area contributed by atoms with Gasteiger partial charge in [0.2, 0.25) is 5.91 Å². The molecular weight excluding hydrogens is 497 g/mol. The summed E-state index contributed by atoms with van der Waals surface area (Å²) in [7, 11) is -3.46. The molecular formula is C25H29Cl2NO5S. The summed E-state index contributed by atoms with van der Waals surface area (Å²) in [4.78, 5) is 15.1. The third-order valence-electron chi connectivity index (χ3n) is 6.56. The highest BCUT2D eigenvalue weighted by Crippen LogP contribution is 2.36. The van der Waals surface area contributed by atoms with Gasteiger partial charge in [0.05, 0.1) is 12.4 Å². The van der Waals surface area contributed by atoms with Crippen LogP contribution in [-0.4, -0.2) is 44.2 Å². The molecule has 0 spiro atoms. The topological polar surface area (TPSA) is 72.9 Å². The lowest BCUT2D eigenvalue weighted by molar-refractivity contribution is -0.133. The van der Waals surface area contributed by atoms with Crippen molar-refractivity contribution in [1.82, 2.24) is 4.90 Å². The molecule has 2 aromatic carbocycles. The SMILES string of the molecule is CS(=O)(=O)OC1CCC(N2CC[C@@H](Cc3c(Cl)cc(OCc4ccccc4)cc3Cl)C2=O)CC1. The Morgan fingerprint density at radius 3 is 2.26 bits per heavy atom. The molecule has 2 aliphatic rings. The molecule has 4 rings (SSSR count). The highest BCUT2D eigenvalue weighted by Gasteiger charge is 2.38. The third-order valence-corrected chi connectivity index (χ3v) is 7.86. The molecule has 184 valence electrons. The molecule has 1 aliphatic carbocycles. The van der Waals surface area contributed by atoms with E-state index in [1.807, 2.05) is 35.2 Å². The van der Waals surface area contributed by atoms with Crippen molar-refractivity contribution in [2.45, 2.75) is 57.3 Å². The first-order chi connectivity index (χ1) is 16.2. The molecule has 1 amide bonds. The molecule has 1 saturated heterocycles. The van der Waals surface area contributed by atoms with Crippen LogP contribution >= 0.6 is 23.2 Å². The van der Waals surface area contributed by atoms with Crippen molar-refractivity contribution in [3.63, 3.8) is 0 Å². The second kappa shape index (κ2) is 10.9. The molecule has 34 heavy (non-hydrogen) atoms. The summed E-state index contributed by atoms with van der Waals surface area (Å²) >= 11 is 13.1. The first-order valence-electron chi connectivity index (χ1n) is 11.5. The van der Waals surface area contributed by atoms with Gasteiger partial charge in [0.15, 0.2) is 0 Å². The summed E-state index contributed by atoms with van der Waals surface area (Å²) in [6.07, 6.45) is 4.77. The number of halogens is 2. The minimum Gasteiger partial charge on any atom is -0.489 e. The number of ether oxygens (including phenoxy) is 1. The van der Waals surface area contributed by atoms with Gasteiger partial charge in [0.1, 0.15) is 12.4 Å². The fourth-order valence-corrected chi connectivity index (χ4v) is 6.17. The molecule has 1 heterocycles. The van der Waals surface area contributed by atoms with Crippen LogP contribution in [0.25, 0.3) is 0 Å². The van der Waals surface area contributed by atoms with Gasteiger partial charge >= 0.3 is 0 Å². The number of hydrogen-bond donors (Lipinski definition) is 0. The number of rotatable bonds is 8. The molecule has 0 aromatic heterocycles. The maximum Gasteiger partial charge on any atom is 0.264 e. The molecule has 1 saturated carbocycles. The van der Waals surface area contributed by atoms with E-state index in [-0.39, 0.29) is 24.0 Å². The fraction of sp³-hybridized carbons (Fsp3) is 0.480. The second-order valence-corrected chi connectivity index (χ2v) is 11.5. The van der Waals surface area contributed by atoms with E-state index in [0.29, 0.717) is 48.2 Å². The van der Waals surface area contributed by atoms with Crippen molar-refractivity contribution in [2.75, 3.05) is 12.8 Å². The monoisotopic (exact) mass is 525 g/mol. The van der Waals surface area contributed by atoms with Crippen LogP contribution in [0.3, 0.4) is 0 Å². The van der Waals surface area contributed by atoms with Crippen LogP contribution in [-0.2, 0) is 32.1 Å². The Hall–Kier alpha value is -1.80. The van der Waals surface area contributed by atoms with Gasteiger partial charge in [-0.1, -0.05) is 53.5 Å². The molecule has 0 radical (unpaired) electrons. The quantitative estimate of drug-likeness (QED) is 0.440. The molecule has 6 nitrogen and oxygen atoms in total. The molecule has 1 aliphatic heterocycles. The normalized spacial score (nSPS) is 23.3. The highest BCUT2D eigenvalue weighted by atomic mass is 35.5. The molecule has 2 aromatic rings. The molecule has 0 unspecified atom stereocenters. The lowest BCUT2D eigenvalue weighted by atomic mass is 9.92. The number of nitrogens with zero attached hydrogens (tertiary/aromatic N) is 1. The number of benzene rings is 2. The van der Waals surface area contributed by atoms with Gasteiger partial charge in [-0.3, -0.25) is 8.98 Å². The van der Waals surface area contributed by atoms with Crippen LogP contribution in [0.4, 0.5) is 0 Å². The zero-order chi connectivity index (χ0) is 24.3. The Morgan fingerprint density at radius 2 is 1.65 bits per heavy atom. The van der Waals surface area contributed by atoms with Gasteiger partial charge in [0.25, 0.3) is 10.1 Å². The van der Waals surface area contributed by atoms with Crippen LogP contribution in [0.1, 0.15) is 43.2 Å². The van der Waals surface area contributed by atoms with Crippen LogP contribution < -0.4 is 4.74 Å². The smallest absolute Gasteiger partial charge is 0.264 e. The predicted octanol–water partition coefficient (Wildman–Crippen LogP) is 5.25. The van der Waals surface area contributed by atoms with E-state index in [1.54, 1.807) is 12.1 Å². The third kappa shape index (κ3) is 6.45. The lowest BCUT2D eigenvalue weighted by Gasteiger charge is -2.34. The lowest BCUT2D eigenvalue weighted by Crippen LogP contribution is -2.41. The zero-order valence-electron chi connectivity index (χ0n) is 19.1. The van der Waals surface area contributed by atoms with Crippen molar-refractivity contribution in [3.8, 4) is 5.75 Å². The van der Waals surface area contributed by atoms with Crippen LogP contribution in [0, 0.1) is 5.92 Å². The minimum absolute atomic E-state index is 0.115. The van der Waals surface area contributed by atoms with Gasteiger partial charge in [-0.05, 0) is 61.8 Å². The Kier molecular flexibility index (Phi) is 8.08. The maximum absolute atomic E-state index is 13.2. The van der Waals surface area contributed by atoms with Crippen LogP contribution in [0.5, 0.6) is 5.75 Å². The summed E-state index contributed by atoms with van der Waals surface area (Å²) in [5.74, 6) is 0.537. The van der Waals surface area contributed by atoms with E-state index in [0.717, 1.165) is 36.6 Å². The van der Waals surface area contributed by atoms with Crippen molar-refractivity contribution < 1.29 is 22.1 Å². The summed E-state index contributed by atoms with van der Waals surface area (Å²) < 4.78 is 33.7. The van der Waals surface area contributed by atoms with Crippen LogP contribution in [0.2, 0.25) is 10.0 Å². The van der Waals surface area contributed by atoms with E-state index in [1.165, 1.54) is 0 Å². The highest BCUT2D eigenvalue weighted by molar-refractivity contribution is 7.86. The summed E-state index contributed by atoms with van der Waals surface area (Å²) in [6.45, 7) is 1.11. The molecule has 0 bridgehead atoms.